The van der Waals surface area contributed by atoms with Crippen molar-refractivity contribution in [2.75, 3.05) is 26.2 Å². The first-order valence-electron chi connectivity index (χ1n) is 8.47. The summed E-state index contributed by atoms with van der Waals surface area (Å²) in [5, 5.41) is 15.6. The summed E-state index contributed by atoms with van der Waals surface area (Å²) < 4.78 is 7.60. The van der Waals surface area contributed by atoms with Crippen molar-refractivity contribution in [2.45, 2.75) is 33.8 Å². The zero-order valence-corrected chi connectivity index (χ0v) is 16.6. The number of aliphatic hydroxyl groups is 1. The summed E-state index contributed by atoms with van der Waals surface area (Å²) in [5.74, 6) is 0.450. The van der Waals surface area contributed by atoms with Crippen LogP contribution in [0.25, 0.3) is 5.69 Å². The van der Waals surface area contributed by atoms with Crippen molar-refractivity contribution in [3.8, 4) is 11.6 Å². The maximum atomic E-state index is 10.2. The number of nitrogens with zero attached hydrogens (tertiary/aromatic N) is 3. The Balaban J connectivity index is 2.29. The molecule has 25 heavy (non-hydrogen) atoms. The van der Waals surface area contributed by atoms with E-state index < -0.39 is 6.10 Å². The molecule has 1 atom stereocenters. The average molecular weight is 386 g/mol. The summed E-state index contributed by atoms with van der Waals surface area (Å²) in [6, 6.07) is 5.30. The minimum Gasteiger partial charge on any atom is -0.475 e. The van der Waals surface area contributed by atoms with Crippen LogP contribution < -0.4 is 4.74 Å². The lowest BCUT2D eigenvalue weighted by Crippen LogP contribution is -2.28. The lowest BCUT2D eigenvalue weighted by Gasteiger charge is -2.17. The molecule has 0 aliphatic carbocycles. The number of benzene rings is 1. The van der Waals surface area contributed by atoms with Crippen LogP contribution in [0.2, 0.25) is 10.0 Å². The summed E-state index contributed by atoms with van der Waals surface area (Å²) in [6.07, 6.45) is -0.681. The van der Waals surface area contributed by atoms with Crippen LogP contribution in [0.5, 0.6) is 5.88 Å². The van der Waals surface area contributed by atoms with Crippen molar-refractivity contribution in [1.82, 2.24) is 14.7 Å². The molecule has 0 bridgehead atoms. The highest BCUT2D eigenvalue weighted by molar-refractivity contribution is 6.42. The van der Waals surface area contributed by atoms with E-state index in [9.17, 15) is 5.11 Å². The van der Waals surface area contributed by atoms with Gasteiger partial charge in [0.1, 0.15) is 6.61 Å². The fraction of sp³-hybridized carbons (Fsp3) is 0.500. The molecule has 2 rings (SSSR count). The molecule has 2 aromatic rings. The highest BCUT2D eigenvalue weighted by Gasteiger charge is 2.21. The average Bonchev–Trinajstić information content (AvgIpc) is 2.91. The van der Waals surface area contributed by atoms with Crippen LogP contribution in [0, 0.1) is 6.92 Å². The van der Waals surface area contributed by atoms with Crippen molar-refractivity contribution < 1.29 is 9.84 Å². The van der Waals surface area contributed by atoms with E-state index in [0.717, 1.165) is 31.0 Å². The van der Waals surface area contributed by atoms with Gasteiger partial charge >= 0.3 is 0 Å². The first-order chi connectivity index (χ1) is 11.9. The first kappa shape index (κ1) is 20.0. The predicted octanol–water partition coefficient (Wildman–Crippen LogP) is 4.26. The van der Waals surface area contributed by atoms with E-state index in [1.54, 1.807) is 23.7 Å². The van der Waals surface area contributed by atoms with E-state index >= 15 is 0 Å². The Morgan fingerprint density at radius 3 is 2.48 bits per heavy atom. The van der Waals surface area contributed by atoms with Gasteiger partial charge in [-0.15, -0.1) is 5.10 Å². The summed E-state index contributed by atoms with van der Waals surface area (Å²) in [6.45, 7) is 11.1. The van der Waals surface area contributed by atoms with E-state index in [1.807, 2.05) is 13.0 Å². The third kappa shape index (κ3) is 4.67. The van der Waals surface area contributed by atoms with Crippen LogP contribution in [0.4, 0.5) is 0 Å². The molecule has 0 aliphatic rings. The fourth-order valence-corrected chi connectivity index (χ4v) is 3.05. The molecule has 0 radical (unpaired) electrons. The summed E-state index contributed by atoms with van der Waals surface area (Å²) in [4.78, 5) is 2.27. The molecule has 1 unspecified atom stereocenters. The molecule has 1 heterocycles. The van der Waals surface area contributed by atoms with E-state index in [-0.39, 0.29) is 0 Å². The molecule has 0 saturated heterocycles. The normalized spacial score (nSPS) is 12.6. The highest BCUT2D eigenvalue weighted by atomic mass is 35.5. The molecular formula is C18H25Cl2N3O2. The molecule has 7 heteroatoms. The smallest absolute Gasteiger partial charge is 0.239 e. The Hall–Kier alpha value is -1.27. The third-order valence-corrected chi connectivity index (χ3v) is 4.97. The molecule has 0 aliphatic heterocycles. The molecule has 0 amide bonds. The Labute approximate surface area is 159 Å². The molecule has 1 N–H and O–H groups in total. The van der Waals surface area contributed by atoms with Gasteiger partial charge in [0.05, 0.1) is 33.1 Å². The molecule has 0 saturated carbocycles. The number of rotatable bonds is 8. The highest BCUT2D eigenvalue weighted by Crippen LogP contribution is 2.31. The SMILES string of the molecule is CCN(CC)CCOc1nn(-c2ccc(Cl)c(Cl)c2)c(C)c1C(C)O. The molecule has 1 aromatic carbocycles. The van der Waals surface area contributed by atoms with Gasteiger partial charge in [0.25, 0.3) is 0 Å². The topological polar surface area (TPSA) is 50.5 Å². The zero-order chi connectivity index (χ0) is 18.6. The van der Waals surface area contributed by atoms with Gasteiger partial charge in [0.2, 0.25) is 5.88 Å². The Morgan fingerprint density at radius 1 is 1.24 bits per heavy atom. The largest absolute Gasteiger partial charge is 0.475 e. The lowest BCUT2D eigenvalue weighted by atomic mass is 10.1. The standard InChI is InChI=1S/C18H25Cl2N3O2/c1-5-22(6-2)9-10-25-18-17(13(4)24)12(3)23(21-18)14-7-8-15(19)16(20)11-14/h7-8,11,13,24H,5-6,9-10H2,1-4H3. The van der Waals surface area contributed by atoms with Crippen LogP contribution in [-0.2, 0) is 0 Å². The number of hydrogen-bond donors (Lipinski definition) is 1. The second kappa shape index (κ2) is 8.90. The van der Waals surface area contributed by atoms with Crippen molar-refractivity contribution >= 4 is 23.2 Å². The lowest BCUT2D eigenvalue weighted by molar-refractivity contribution is 0.182. The Kier molecular flexibility index (Phi) is 7.14. The number of ether oxygens (including phenoxy) is 1. The first-order valence-corrected chi connectivity index (χ1v) is 9.22. The van der Waals surface area contributed by atoms with Crippen molar-refractivity contribution in [1.29, 1.82) is 0 Å². The summed E-state index contributed by atoms with van der Waals surface area (Å²) in [5.41, 5.74) is 2.27. The number of aromatic nitrogens is 2. The van der Waals surface area contributed by atoms with Gasteiger partial charge in [-0.2, -0.15) is 0 Å². The molecule has 0 spiro atoms. The molecule has 1 aromatic heterocycles. The predicted molar refractivity (Wildman–Crippen MR) is 102 cm³/mol. The van der Waals surface area contributed by atoms with Crippen LogP contribution in [0.1, 0.15) is 38.1 Å². The van der Waals surface area contributed by atoms with E-state index in [0.29, 0.717) is 28.1 Å². The second-order valence-electron chi connectivity index (χ2n) is 5.87. The van der Waals surface area contributed by atoms with Crippen LogP contribution >= 0.6 is 23.2 Å². The van der Waals surface area contributed by atoms with Crippen LogP contribution in [0.15, 0.2) is 18.2 Å². The van der Waals surface area contributed by atoms with E-state index in [1.165, 1.54) is 0 Å². The van der Waals surface area contributed by atoms with Crippen molar-refractivity contribution in [3.63, 3.8) is 0 Å². The fourth-order valence-electron chi connectivity index (χ4n) is 2.76. The third-order valence-electron chi connectivity index (χ3n) is 4.23. The van der Waals surface area contributed by atoms with Crippen LogP contribution in [-0.4, -0.2) is 46.0 Å². The van der Waals surface area contributed by atoms with E-state index in [2.05, 4.69) is 23.8 Å². The van der Waals surface area contributed by atoms with Crippen molar-refractivity contribution in [2.24, 2.45) is 0 Å². The number of halogens is 2. The van der Waals surface area contributed by atoms with E-state index in [4.69, 9.17) is 27.9 Å². The summed E-state index contributed by atoms with van der Waals surface area (Å²) in [7, 11) is 0. The zero-order valence-electron chi connectivity index (χ0n) is 15.1. The Morgan fingerprint density at radius 2 is 1.92 bits per heavy atom. The van der Waals surface area contributed by atoms with Gasteiger partial charge in [-0.25, -0.2) is 4.68 Å². The van der Waals surface area contributed by atoms with Crippen LogP contribution in [0.3, 0.4) is 0 Å². The van der Waals surface area contributed by atoms with Gasteiger partial charge in [-0.3, -0.25) is 0 Å². The molecule has 5 nitrogen and oxygen atoms in total. The van der Waals surface area contributed by atoms with Gasteiger partial charge in [0.15, 0.2) is 0 Å². The minimum absolute atomic E-state index is 0.450. The van der Waals surface area contributed by atoms with Crippen molar-refractivity contribution in [3.05, 3.63) is 39.5 Å². The Bertz CT molecular complexity index is 713. The molecule has 0 fully saturated rings. The maximum absolute atomic E-state index is 10.2. The van der Waals surface area contributed by atoms with Gasteiger partial charge in [0, 0.05) is 6.54 Å². The summed E-state index contributed by atoms with van der Waals surface area (Å²) >= 11 is 12.1. The second-order valence-corrected chi connectivity index (χ2v) is 6.68. The quantitative estimate of drug-likeness (QED) is 0.737. The molecular weight excluding hydrogens is 361 g/mol. The number of likely N-dealkylation sites (N-methyl/N-ethyl adjacent to an activating group) is 1. The number of hydrogen-bond acceptors (Lipinski definition) is 4. The monoisotopic (exact) mass is 385 g/mol. The maximum Gasteiger partial charge on any atom is 0.239 e. The van der Waals surface area contributed by atoms with Gasteiger partial charge in [-0.05, 0) is 45.1 Å². The van der Waals surface area contributed by atoms with Gasteiger partial charge < -0.3 is 14.7 Å². The van der Waals surface area contributed by atoms with Gasteiger partial charge in [-0.1, -0.05) is 37.0 Å². The molecule has 138 valence electrons. The minimum atomic E-state index is -0.681. The number of aliphatic hydroxyl groups excluding tert-OH is 1.